The molecule has 1 heterocycles. The molecule has 0 amide bonds. The standard InChI is InChI=1S/C27H31F2NO4Si/c1-8-30-15-19(25(32)33-9-2)24(31)18-14-20(28)21(22(29)23(18)30)16-11-10-12-17(13-16)27(6,7)34-35-26(3,4)5/h10-15H,8-9H2,1-7H3. The van der Waals surface area contributed by atoms with Crippen LogP contribution in [0.2, 0.25) is 5.04 Å². The van der Waals surface area contributed by atoms with E-state index in [-0.39, 0.29) is 50.0 Å². The molecule has 8 heteroatoms. The minimum Gasteiger partial charge on any atom is -0.462 e. The molecular weight excluding hydrogens is 468 g/mol. The summed E-state index contributed by atoms with van der Waals surface area (Å²) < 4.78 is 43.8. The van der Waals surface area contributed by atoms with Crippen molar-refractivity contribution in [3.05, 3.63) is 69.5 Å². The third-order valence-corrected chi connectivity index (χ3v) is 6.77. The monoisotopic (exact) mass is 499 g/mol. The Kier molecular flexibility index (Phi) is 7.67. The second-order valence-electron chi connectivity index (χ2n) is 9.87. The molecule has 186 valence electrons. The number of fused-ring (bicyclic) bond motifs is 1. The lowest BCUT2D eigenvalue weighted by molar-refractivity contribution is 0.0524. The molecule has 35 heavy (non-hydrogen) atoms. The van der Waals surface area contributed by atoms with Gasteiger partial charge in [0.1, 0.15) is 11.4 Å². The summed E-state index contributed by atoms with van der Waals surface area (Å²) in [4.78, 5) is 25.2. The maximum atomic E-state index is 15.9. The van der Waals surface area contributed by atoms with Crippen molar-refractivity contribution in [3.8, 4) is 11.1 Å². The Hall–Kier alpha value is -2.84. The molecule has 0 atom stereocenters. The first-order valence-electron chi connectivity index (χ1n) is 11.6. The predicted octanol–water partition coefficient (Wildman–Crippen LogP) is 6.23. The van der Waals surface area contributed by atoms with Crippen LogP contribution in [0, 0.1) is 11.6 Å². The van der Waals surface area contributed by atoms with Crippen LogP contribution in [0.4, 0.5) is 8.78 Å². The van der Waals surface area contributed by atoms with Gasteiger partial charge in [0.25, 0.3) is 0 Å². The summed E-state index contributed by atoms with van der Waals surface area (Å²) in [5, 5.41) is -0.222. The average Bonchev–Trinajstić information content (AvgIpc) is 2.78. The molecule has 2 radical (unpaired) electrons. The van der Waals surface area contributed by atoms with Gasteiger partial charge >= 0.3 is 5.97 Å². The summed E-state index contributed by atoms with van der Waals surface area (Å²) in [5.74, 6) is -2.57. The van der Waals surface area contributed by atoms with E-state index < -0.39 is 28.6 Å². The maximum Gasteiger partial charge on any atom is 0.343 e. The molecule has 0 N–H and O–H groups in total. The van der Waals surface area contributed by atoms with Crippen LogP contribution in [0.3, 0.4) is 0 Å². The van der Waals surface area contributed by atoms with Crippen LogP contribution in [0.15, 0.2) is 41.3 Å². The summed E-state index contributed by atoms with van der Waals surface area (Å²) in [7, 11) is 0.233. The zero-order valence-corrected chi connectivity index (χ0v) is 22.2. The van der Waals surface area contributed by atoms with Gasteiger partial charge in [-0.15, -0.1) is 0 Å². The Balaban J connectivity index is 2.19. The topological polar surface area (TPSA) is 57.5 Å². The first-order valence-corrected chi connectivity index (χ1v) is 12.5. The number of rotatable bonds is 7. The fraction of sp³-hybridized carbons (Fsp3) is 0.407. The number of pyridine rings is 1. The van der Waals surface area contributed by atoms with Crippen LogP contribution >= 0.6 is 0 Å². The number of hydrogen-bond acceptors (Lipinski definition) is 4. The number of halogens is 2. The van der Waals surface area contributed by atoms with Crippen molar-refractivity contribution < 1.29 is 22.7 Å². The molecule has 0 aliphatic rings. The number of esters is 1. The molecule has 3 aromatic rings. The maximum absolute atomic E-state index is 15.9. The highest BCUT2D eigenvalue weighted by Gasteiger charge is 2.27. The molecule has 0 saturated heterocycles. The van der Waals surface area contributed by atoms with Gasteiger partial charge in [-0.1, -0.05) is 39.0 Å². The summed E-state index contributed by atoms with van der Waals surface area (Å²) in [6.07, 6.45) is 1.27. The van der Waals surface area contributed by atoms with Gasteiger partial charge in [0.15, 0.2) is 5.82 Å². The van der Waals surface area contributed by atoms with Crippen LogP contribution in [-0.4, -0.2) is 26.9 Å². The van der Waals surface area contributed by atoms with Crippen LogP contribution < -0.4 is 5.43 Å². The van der Waals surface area contributed by atoms with Crippen molar-refractivity contribution >= 4 is 26.6 Å². The van der Waals surface area contributed by atoms with E-state index in [9.17, 15) is 9.59 Å². The van der Waals surface area contributed by atoms with Gasteiger partial charge in [0.05, 0.1) is 28.7 Å². The number of benzene rings is 2. The lowest BCUT2D eigenvalue weighted by atomic mass is 9.93. The summed E-state index contributed by atoms with van der Waals surface area (Å²) in [6.45, 7) is 13.8. The molecule has 0 spiro atoms. The Morgan fingerprint density at radius 3 is 2.37 bits per heavy atom. The predicted molar refractivity (Wildman–Crippen MR) is 135 cm³/mol. The highest BCUT2D eigenvalue weighted by Crippen LogP contribution is 2.35. The van der Waals surface area contributed by atoms with E-state index in [0.717, 1.165) is 11.6 Å². The zero-order valence-electron chi connectivity index (χ0n) is 21.2. The normalized spacial score (nSPS) is 12.3. The molecule has 0 aliphatic heterocycles. The van der Waals surface area contributed by atoms with Crippen LogP contribution in [-0.2, 0) is 21.3 Å². The third-order valence-electron chi connectivity index (χ3n) is 5.55. The fourth-order valence-electron chi connectivity index (χ4n) is 3.74. The van der Waals surface area contributed by atoms with E-state index >= 15 is 8.78 Å². The smallest absolute Gasteiger partial charge is 0.343 e. The molecule has 1 aromatic heterocycles. The number of carbonyl (C=O) groups is 1. The van der Waals surface area contributed by atoms with E-state index in [4.69, 9.17) is 9.16 Å². The quantitative estimate of drug-likeness (QED) is 0.286. The van der Waals surface area contributed by atoms with Crippen molar-refractivity contribution in [2.75, 3.05) is 6.61 Å². The van der Waals surface area contributed by atoms with Crippen molar-refractivity contribution in [2.45, 2.75) is 65.7 Å². The molecule has 0 unspecified atom stereocenters. The fourth-order valence-corrected chi connectivity index (χ4v) is 4.42. The van der Waals surface area contributed by atoms with Crippen LogP contribution in [0.1, 0.15) is 64.4 Å². The zero-order chi connectivity index (χ0) is 26.1. The van der Waals surface area contributed by atoms with Crippen molar-refractivity contribution in [1.82, 2.24) is 4.57 Å². The Morgan fingerprint density at radius 1 is 1.09 bits per heavy atom. The highest BCUT2D eigenvalue weighted by molar-refractivity contribution is 6.31. The van der Waals surface area contributed by atoms with E-state index in [1.165, 1.54) is 10.8 Å². The van der Waals surface area contributed by atoms with Gasteiger partial charge in [0.2, 0.25) is 15.2 Å². The van der Waals surface area contributed by atoms with E-state index in [1.54, 1.807) is 32.0 Å². The molecule has 3 rings (SSSR count). The molecular formula is C27H31F2NO4Si. The summed E-state index contributed by atoms with van der Waals surface area (Å²) in [6, 6.07) is 7.93. The Morgan fingerprint density at radius 2 is 1.77 bits per heavy atom. The molecule has 5 nitrogen and oxygen atoms in total. The van der Waals surface area contributed by atoms with E-state index in [1.807, 2.05) is 19.9 Å². The molecule has 2 aromatic carbocycles. The number of hydrogen-bond donors (Lipinski definition) is 0. The first kappa shape index (κ1) is 26.8. The van der Waals surface area contributed by atoms with Crippen LogP contribution in [0.5, 0.6) is 0 Å². The minimum absolute atomic E-state index is 0.0162. The number of aromatic nitrogens is 1. The largest absolute Gasteiger partial charge is 0.462 e. The molecule has 0 bridgehead atoms. The lowest BCUT2D eigenvalue weighted by Crippen LogP contribution is -2.27. The Bertz CT molecular complexity index is 1330. The van der Waals surface area contributed by atoms with E-state index in [0.29, 0.717) is 5.56 Å². The molecule has 0 saturated carbocycles. The number of ether oxygens (including phenoxy) is 1. The second-order valence-corrected chi connectivity index (χ2v) is 11.8. The Labute approximate surface area is 207 Å². The van der Waals surface area contributed by atoms with Gasteiger partial charge in [-0.3, -0.25) is 4.79 Å². The summed E-state index contributed by atoms with van der Waals surface area (Å²) >= 11 is 0. The number of nitrogens with zero attached hydrogens (tertiary/aromatic N) is 1. The molecule has 0 fully saturated rings. The lowest BCUT2D eigenvalue weighted by Gasteiger charge is -2.30. The second kappa shape index (κ2) is 10.0. The van der Waals surface area contributed by atoms with Crippen molar-refractivity contribution in [3.63, 3.8) is 0 Å². The van der Waals surface area contributed by atoms with E-state index in [2.05, 4.69) is 20.8 Å². The first-order chi connectivity index (χ1) is 16.3. The van der Waals surface area contributed by atoms with Gasteiger partial charge < -0.3 is 13.7 Å². The van der Waals surface area contributed by atoms with Gasteiger partial charge in [0, 0.05) is 12.7 Å². The third kappa shape index (κ3) is 5.54. The van der Waals surface area contributed by atoms with Gasteiger partial charge in [-0.2, -0.15) is 0 Å². The number of carbonyl (C=O) groups excluding carboxylic acids is 1. The SMILES string of the molecule is CCOC(=O)c1cn(CC)c2c(F)c(-c3cccc(C(C)(C)O[Si]C(C)(C)C)c3)c(F)cc2c1=O. The number of aryl methyl sites for hydroxylation is 1. The average molecular weight is 500 g/mol. The van der Waals surface area contributed by atoms with Gasteiger partial charge in [-0.05, 0) is 56.0 Å². The van der Waals surface area contributed by atoms with Crippen LogP contribution in [0.25, 0.3) is 22.0 Å². The van der Waals surface area contributed by atoms with Crippen molar-refractivity contribution in [2.24, 2.45) is 0 Å². The summed E-state index contributed by atoms with van der Waals surface area (Å²) in [5.41, 5.74) is -0.884. The van der Waals surface area contributed by atoms with Crippen molar-refractivity contribution in [1.29, 1.82) is 0 Å². The molecule has 0 aliphatic carbocycles. The minimum atomic E-state index is -0.886. The highest BCUT2D eigenvalue weighted by atomic mass is 28.2. The van der Waals surface area contributed by atoms with Gasteiger partial charge in [-0.25, -0.2) is 13.6 Å².